The standard InChI is InChI=1S/C20H18N4O2/c1-20(2,3)19-24-15-10-12(8-9-17(15)26-19)22-18(25)16-11-21-13-6-4-5-7-14(13)23-16/h4-11H,1-3H3,(H,22,25). The van der Waals surface area contributed by atoms with Gasteiger partial charge in [0.2, 0.25) is 5.89 Å². The predicted molar refractivity (Wildman–Crippen MR) is 100 cm³/mol. The summed E-state index contributed by atoms with van der Waals surface area (Å²) >= 11 is 0. The molecule has 0 radical (unpaired) electrons. The highest BCUT2D eigenvalue weighted by Gasteiger charge is 2.21. The maximum absolute atomic E-state index is 12.5. The van der Waals surface area contributed by atoms with E-state index in [-0.39, 0.29) is 17.0 Å². The SMILES string of the molecule is CC(C)(C)c1nc2cc(NC(=O)c3cnc4ccccc4n3)ccc2o1. The number of benzene rings is 2. The molecule has 0 spiro atoms. The lowest BCUT2D eigenvalue weighted by atomic mass is 9.97. The van der Waals surface area contributed by atoms with E-state index in [1.54, 1.807) is 18.2 Å². The molecule has 130 valence electrons. The van der Waals surface area contributed by atoms with Gasteiger partial charge in [-0.3, -0.25) is 9.78 Å². The molecule has 0 aliphatic heterocycles. The fourth-order valence-electron chi connectivity index (χ4n) is 2.59. The highest BCUT2D eigenvalue weighted by atomic mass is 16.3. The molecule has 1 amide bonds. The number of para-hydroxylation sites is 2. The summed E-state index contributed by atoms with van der Waals surface area (Å²) in [5.41, 5.74) is 3.55. The third-order valence-corrected chi connectivity index (χ3v) is 3.97. The van der Waals surface area contributed by atoms with E-state index < -0.39 is 0 Å². The van der Waals surface area contributed by atoms with Crippen LogP contribution >= 0.6 is 0 Å². The lowest BCUT2D eigenvalue weighted by Gasteiger charge is -2.11. The van der Waals surface area contributed by atoms with Gasteiger partial charge in [-0.2, -0.15) is 0 Å². The number of rotatable bonds is 2. The fraction of sp³-hybridized carbons (Fsp3) is 0.200. The number of oxazole rings is 1. The zero-order chi connectivity index (χ0) is 18.3. The third-order valence-electron chi connectivity index (χ3n) is 3.97. The molecule has 0 saturated carbocycles. The van der Waals surface area contributed by atoms with Gasteiger partial charge in [0.05, 0.1) is 17.2 Å². The van der Waals surface area contributed by atoms with Gasteiger partial charge in [0.15, 0.2) is 5.58 Å². The number of carbonyl (C=O) groups excluding carboxylic acids is 1. The molecule has 0 aliphatic carbocycles. The van der Waals surface area contributed by atoms with Crippen molar-refractivity contribution < 1.29 is 9.21 Å². The van der Waals surface area contributed by atoms with Crippen LogP contribution in [-0.4, -0.2) is 20.9 Å². The minimum absolute atomic E-state index is 0.177. The predicted octanol–water partition coefficient (Wildman–Crippen LogP) is 4.32. The van der Waals surface area contributed by atoms with Crippen LogP contribution in [0.4, 0.5) is 5.69 Å². The lowest BCUT2D eigenvalue weighted by molar-refractivity contribution is 0.102. The van der Waals surface area contributed by atoms with E-state index in [2.05, 4.69) is 20.3 Å². The summed E-state index contributed by atoms with van der Waals surface area (Å²) in [7, 11) is 0. The van der Waals surface area contributed by atoms with Gasteiger partial charge in [-0.25, -0.2) is 9.97 Å². The molecule has 26 heavy (non-hydrogen) atoms. The van der Waals surface area contributed by atoms with Gasteiger partial charge < -0.3 is 9.73 Å². The highest BCUT2D eigenvalue weighted by Crippen LogP contribution is 2.27. The molecule has 0 bridgehead atoms. The minimum Gasteiger partial charge on any atom is -0.440 e. The number of nitrogens with one attached hydrogen (secondary N) is 1. The molecule has 0 aliphatic rings. The molecule has 2 aromatic carbocycles. The van der Waals surface area contributed by atoms with Crippen LogP contribution in [0.2, 0.25) is 0 Å². The summed E-state index contributed by atoms with van der Waals surface area (Å²) in [6.07, 6.45) is 1.48. The highest BCUT2D eigenvalue weighted by molar-refractivity contribution is 6.04. The van der Waals surface area contributed by atoms with Crippen molar-refractivity contribution in [3.05, 3.63) is 60.2 Å². The Morgan fingerprint density at radius 1 is 1.00 bits per heavy atom. The average molecular weight is 346 g/mol. The number of hydrogen-bond donors (Lipinski definition) is 1. The quantitative estimate of drug-likeness (QED) is 0.584. The van der Waals surface area contributed by atoms with E-state index in [0.29, 0.717) is 28.2 Å². The van der Waals surface area contributed by atoms with E-state index in [1.165, 1.54) is 6.20 Å². The molecule has 6 nitrogen and oxygen atoms in total. The molecule has 4 rings (SSSR count). The van der Waals surface area contributed by atoms with E-state index >= 15 is 0 Å². The maximum Gasteiger partial charge on any atom is 0.275 e. The van der Waals surface area contributed by atoms with Crippen LogP contribution in [0.25, 0.3) is 22.1 Å². The van der Waals surface area contributed by atoms with Crippen LogP contribution in [0.1, 0.15) is 37.2 Å². The van der Waals surface area contributed by atoms with Crippen molar-refractivity contribution in [3.8, 4) is 0 Å². The fourth-order valence-corrected chi connectivity index (χ4v) is 2.59. The number of amides is 1. The largest absolute Gasteiger partial charge is 0.440 e. The Bertz CT molecular complexity index is 1130. The molecule has 0 atom stereocenters. The van der Waals surface area contributed by atoms with Crippen LogP contribution in [0.5, 0.6) is 0 Å². The van der Waals surface area contributed by atoms with Gasteiger partial charge in [0.1, 0.15) is 11.2 Å². The van der Waals surface area contributed by atoms with Crippen molar-refractivity contribution in [1.29, 1.82) is 0 Å². The van der Waals surface area contributed by atoms with Crippen LogP contribution in [0, 0.1) is 0 Å². The summed E-state index contributed by atoms with van der Waals surface area (Å²) in [6.45, 7) is 6.12. The van der Waals surface area contributed by atoms with Gasteiger partial charge in [-0.05, 0) is 30.3 Å². The Morgan fingerprint density at radius 3 is 2.54 bits per heavy atom. The topological polar surface area (TPSA) is 80.9 Å². The molecule has 0 saturated heterocycles. The molecule has 2 aromatic heterocycles. The van der Waals surface area contributed by atoms with E-state index in [4.69, 9.17) is 4.42 Å². The van der Waals surface area contributed by atoms with E-state index in [1.807, 2.05) is 45.0 Å². The number of fused-ring (bicyclic) bond motifs is 2. The normalized spacial score (nSPS) is 11.8. The second-order valence-corrected chi connectivity index (χ2v) is 7.15. The van der Waals surface area contributed by atoms with Crippen LogP contribution in [0.3, 0.4) is 0 Å². The number of hydrogen-bond acceptors (Lipinski definition) is 5. The zero-order valence-corrected chi connectivity index (χ0v) is 14.8. The van der Waals surface area contributed by atoms with Gasteiger partial charge in [0.25, 0.3) is 5.91 Å². The minimum atomic E-state index is -0.317. The first-order chi connectivity index (χ1) is 12.4. The van der Waals surface area contributed by atoms with Crippen molar-refractivity contribution in [2.75, 3.05) is 5.32 Å². The summed E-state index contributed by atoms with van der Waals surface area (Å²) in [5, 5.41) is 2.84. The second kappa shape index (κ2) is 5.91. The Balaban J connectivity index is 1.62. The lowest BCUT2D eigenvalue weighted by Crippen LogP contribution is -2.14. The molecule has 4 aromatic rings. The molecule has 1 N–H and O–H groups in total. The van der Waals surface area contributed by atoms with E-state index in [9.17, 15) is 4.79 Å². The molecular weight excluding hydrogens is 328 g/mol. The number of aromatic nitrogens is 3. The first-order valence-corrected chi connectivity index (χ1v) is 8.34. The van der Waals surface area contributed by atoms with Crippen molar-refractivity contribution in [2.24, 2.45) is 0 Å². The molecular formula is C20H18N4O2. The van der Waals surface area contributed by atoms with Gasteiger partial charge in [0, 0.05) is 11.1 Å². The monoisotopic (exact) mass is 346 g/mol. The first-order valence-electron chi connectivity index (χ1n) is 8.34. The van der Waals surface area contributed by atoms with Crippen molar-refractivity contribution in [3.63, 3.8) is 0 Å². The zero-order valence-electron chi connectivity index (χ0n) is 14.8. The van der Waals surface area contributed by atoms with Gasteiger partial charge >= 0.3 is 0 Å². The van der Waals surface area contributed by atoms with Gasteiger partial charge in [-0.1, -0.05) is 32.9 Å². The molecule has 2 heterocycles. The smallest absolute Gasteiger partial charge is 0.275 e. The molecule has 6 heteroatoms. The Morgan fingerprint density at radius 2 is 1.77 bits per heavy atom. The summed E-state index contributed by atoms with van der Waals surface area (Å²) in [4.78, 5) is 25.7. The van der Waals surface area contributed by atoms with E-state index in [0.717, 1.165) is 5.52 Å². The van der Waals surface area contributed by atoms with Crippen molar-refractivity contribution in [1.82, 2.24) is 15.0 Å². The Labute approximate surface area is 150 Å². The van der Waals surface area contributed by atoms with Crippen LogP contribution in [-0.2, 0) is 5.41 Å². The second-order valence-electron chi connectivity index (χ2n) is 7.15. The van der Waals surface area contributed by atoms with Crippen molar-refractivity contribution in [2.45, 2.75) is 26.2 Å². The molecule has 0 unspecified atom stereocenters. The summed E-state index contributed by atoms with van der Waals surface area (Å²) in [5.74, 6) is 0.346. The average Bonchev–Trinajstić information content (AvgIpc) is 3.05. The third kappa shape index (κ3) is 3.01. The van der Waals surface area contributed by atoms with Crippen LogP contribution < -0.4 is 5.32 Å². The number of carbonyl (C=O) groups is 1. The number of nitrogens with zero attached hydrogens (tertiary/aromatic N) is 3. The Hall–Kier alpha value is -3.28. The Kier molecular flexibility index (Phi) is 3.68. The molecule has 0 fully saturated rings. The summed E-state index contributed by atoms with van der Waals surface area (Å²) < 4.78 is 5.78. The number of anilines is 1. The first kappa shape index (κ1) is 16.2. The summed E-state index contributed by atoms with van der Waals surface area (Å²) in [6, 6.07) is 12.8. The van der Waals surface area contributed by atoms with Crippen molar-refractivity contribution >= 4 is 33.7 Å². The van der Waals surface area contributed by atoms with Crippen LogP contribution in [0.15, 0.2) is 53.1 Å². The maximum atomic E-state index is 12.5. The van der Waals surface area contributed by atoms with Gasteiger partial charge in [-0.15, -0.1) is 0 Å².